The molecule has 1 aliphatic carbocycles. The van der Waals surface area contributed by atoms with Gasteiger partial charge in [-0.15, -0.1) is 10.2 Å². The Hall–Kier alpha value is -9.00. The van der Waals surface area contributed by atoms with Gasteiger partial charge in [-0.3, -0.25) is 4.57 Å². The summed E-state index contributed by atoms with van der Waals surface area (Å²) >= 11 is 0. The molecule has 6 nitrogen and oxygen atoms in total. The number of aromatic nitrogens is 6. The van der Waals surface area contributed by atoms with Crippen molar-refractivity contribution in [1.82, 2.24) is 28.5 Å². The molecule has 0 radical (unpaired) electrons. The van der Waals surface area contributed by atoms with E-state index in [0.29, 0.717) is 0 Å². The van der Waals surface area contributed by atoms with E-state index < -0.39 is 0 Å². The number of hydrogen-bond acceptors (Lipinski definition) is 2. The van der Waals surface area contributed by atoms with Crippen molar-refractivity contribution in [3.63, 3.8) is 0 Å². The lowest BCUT2D eigenvalue weighted by molar-refractivity contribution is 0.665. The van der Waals surface area contributed by atoms with E-state index in [1.54, 1.807) is 0 Å². The molecule has 4 heterocycles. The van der Waals surface area contributed by atoms with E-state index in [9.17, 15) is 0 Å². The third-order valence-corrected chi connectivity index (χ3v) is 14.1. The summed E-state index contributed by atoms with van der Waals surface area (Å²) in [6.45, 7) is 0. The number of nitrogens with zero attached hydrogens (tertiary/aromatic N) is 6. The van der Waals surface area contributed by atoms with E-state index in [-0.39, 0.29) is 6.04 Å². The molecule has 0 saturated carbocycles. The van der Waals surface area contributed by atoms with Gasteiger partial charge in [-0.25, -0.2) is 0 Å². The summed E-state index contributed by atoms with van der Waals surface area (Å²) in [4.78, 5) is 0. The van der Waals surface area contributed by atoms with Crippen molar-refractivity contribution in [2.45, 2.75) is 12.5 Å². The van der Waals surface area contributed by atoms with E-state index in [1.165, 1.54) is 60.1 Å². The third kappa shape index (κ3) is 5.64. The smallest absolute Gasteiger partial charge is 0.171 e. The van der Waals surface area contributed by atoms with Gasteiger partial charge in [0.15, 0.2) is 11.6 Å². The van der Waals surface area contributed by atoms with E-state index in [0.717, 1.165) is 62.7 Å². The van der Waals surface area contributed by atoms with Crippen molar-refractivity contribution in [3.8, 4) is 39.8 Å². The molecule has 4 aromatic heterocycles. The van der Waals surface area contributed by atoms with Crippen LogP contribution in [0.1, 0.15) is 18.0 Å². The van der Waals surface area contributed by atoms with Crippen LogP contribution in [-0.2, 0) is 0 Å². The van der Waals surface area contributed by atoms with Crippen molar-refractivity contribution in [3.05, 3.63) is 242 Å². The van der Waals surface area contributed by atoms with Crippen LogP contribution in [0.4, 0.5) is 0 Å². The molecule has 13 aromatic rings. The molecule has 0 amide bonds. The van der Waals surface area contributed by atoms with Crippen LogP contribution >= 0.6 is 0 Å². The molecule has 1 aliphatic rings. The van der Waals surface area contributed by atoms with Crippen LogP contribution in [0.5, 0.6) is 0 Å². The maximum atomic E-state index is 5.05. The molecule has 0 bridgehead atoms. The fraction of sp³-hybridized carbons (Fsp3) is 0.0323. The van der Waals surface area contributed by atoms with Gasteiger partial charge < -0.3 is 13.7 Å². The Kier molecular flexibility index (Phi) is 8.61. The number of para-hydroxylation sites is 7. The Bertz CT molecular complexity index is 4160. The Balaban J connectivity index is 1.02. The monoisotopic (exact) mass is 870 g/mol. The van der Waals surface area contributed by atoms with Gasteiger partial charge in [-0.1, -0.05) is 176 Å². The lowest BCUT2D eigenvalue weighted by atomic mass is 9.90. The molecule has 320 valence electrons. The Morgan fingerprint density at radius 3 is 1.69 bits per heavy atom. The average molecular weight is 871 g/mol. The highest BCUT2D eigenvalue weighted by Gasteiger charge is 2.29. The van der Waals surface area contributed by atoms with Gasteiger partial charge >= 0.3 is 0 Å². The lowest BCUT2D eigenvalue weighted by Gasteiger charge is -2.28. The topological polar surface area (TPSA) is 45.5 Å². The standard InChI is InChI=1S/C62H42N6/c1-4-21-41(22-5-1)61-63-64-62(66(61)43-25-8-3-9-26-43)51-33-20-32-48-46-29-13-18-37-55(46)68(59(48)51)54-36-17-11-28-45(54)44-27-10-16-35-53(44)67-56-38-19-14-31-50(56)58-57(67)40-39-49-47-30-12-15-34-52(47)65(60(49)58)42-23-6-2-7-24-42/h1-34,36-40,53H,35H2. The van der Waals surface area contributed by atoms with E-state index >= 15 is 0 Å². The highest BCUT2D eigenvalue weighted by molar-refractivity contribution is 6.26. The first-order valence-electron chi connectivity index (χ1n) is 23.4. The number of hydrogen-bond donors (Lipinski definition) is 0. The minimum atomic E-state index is -0.00211. The molecule has 1 atom stereocenters. The van der Waals surface area contributed by atoms with E-state index in [2.05, 4.69) is 249 Å². The first-order valence-corrected chi connectivity index (χ1v) is 23.4. The SMILES string of the molecule is C1=CCC(n2c3ccccc3c3c4c(ccc32)c2ccccc2n4-c2ccccc2)C(c2ccccc2-n2c3ccccc3c3cccc(-c4nnc(-c5ccccc5)n4-c4ccccc4)c32)=C1. The van der Waals surface area contributed by atoms with Gasteiger partial charge in [0.2, 0.25) is 0 Å². The van der Waals surface area contributed by atoms with Gasteiger partial charge in [-0.05, 0) is 72.7 Å². The predicted octanol–water partition coefficient (Wildman–Crippen LogP) is 15.5. The largest absolute Gasteiger partial charge is 0.332 e. The second kappa shape index (κ2) is 15.3. The highest BCUT2D eigenvalue weighted by Crippen LogP contribution is 2.47. The zero-order valence-electron chi connectivity index (χ0n) is 37.0. The van der Waals surface area contributed by atoms with E-state index in [4.69, 9.17) is 10.2 Å². The number of allylic oxidation sites excluding steroid dienone is 4. The van der Waals surface area contributed by atoms with Crippen LogP contribution in [0.15, 0.2) is 237 Å². The minimum Gasteiger partial charge on any atom is -0.332 e. The van der Waals surface area contributed by atoms with Crippen molar-refractivity contribution in [1.29, 1.82) is 0 Å². The number of fused-ring (bicyclic) bond motifs is 10. The quantitative estimate of drug-likeness (QED) is 0.160. The molecule has 0 N–H and O–H groups in total. The Labute approximate surface area is 392 Å². The van der Waals surface area contributed by atoms with Gasteiger partial charge in [0.1, 0.15) is 0 Å². The van der Waals surface area contributed by atoms with Gasteiger partial charge in [0.25, 0.3) is 0 Å². The van der Waals surface area contributed by atoms with Crippen LogP contribution in [0.25, 0.3) is 111 Å². The molecule has 6 heteroatoms. The highest BCUT2D eigenvalue weighted by atomic mass is 15.3. The van der Waals surface area contributed by atoms with Crippen molar-refractivity contribution < 1.29 is 0 Å². The summed E-state index contributed by atoms with van der Waals surface area (Å²) in [5.41, 5.74) is 14.8. The van der Waals surface area contributed by atoms with Gasteiger partial charge in [0.05, 0.1) is 39.3 Å². The Morgan fingerprint density at radius 1 is 0.382 bits per heavy atom. The van der Waals surface area contributed by atoms with Crippen molar-refractivity contribution in [2.24, 2.45) is 0 Å². The molecule has 0 fully saturated rings. The van der Waals surface area contributed by atoms with Crippen molar-refractivity contribution in [2.75, 3.05) is 0 Å². The fourth-order valence-corrected chi connectivity index (χ4v) is 11.3. The molecule has 9 aromatic carbocycles. The van der Waals surface area contributed by atoms with Crippen LogP contribution in [-0.4, -0.2) is 28.5 Å². The molecule has 0 saturated heterocycles. The maximum Gasteiger partial charge on any atom is 0.171 e. The zero-order valence-corrected chi connectivity index (χ0v) is 37.0. The summed E-state index contributed by atoms with van der Waals surface area (Å²) in [6, 6.07) is 78.6. The molecular formula is C62H42N6. The molecule has 1 unspecified atom stereocenters. The maximum absolute atomic E-state index is 5.05. The van der Waals surface area contributed by atoms with Crippen LogP contribution < -0.4 is 0 Å². The summed E-state index contributed by atoms with van der Waals surface area (Å²) in [6.07, 6.45) is 7.76. The summed E-state index contributed by atoms with van der Waals surface area (Å²) in [7, 11) is 0. The second-order valence-corrected chi connectivity index (χ2v) is 17.7. The van der Waals surface area contributed by atoms with Crippen LogP contribution in [0.3, 0.4) is 0 Å². The fourth-order valence-electron chi connectivity index (χ4n) is 11.3. The van der Waals surface area contributed by atoms with Crippen LogP contribution in [0, 0.1) is 0 Å². The number of benzene rings is 9. The molecule has 0 spiro atoms. The molecular weight excluding hydrogens is 829 g/mol. The van der Waals surface area contributed by atoms with Crippen LogP contribution in [0.2, 0.25) is 0 Å². The summed E-state index contributed by atoms with van der Waals surface area (Å²) < 4.78 is 9.77. The second-order valence-electron chi connectivity index (χ2n) is 17.7. The normalized spacial score (nSPS) is 14.0. The first-order chi connectivity index (χ1) is 33.8. The van der Waals surface area contributed by atoms with Crippen molar-refractivity contribution >= 4 is 71.0 Å². The van der Waals surface area contributed by atoms with Gasteiger partial charge in [-0.2, -0.15) is 0 Å². The molecule has 68 heavy (non-hydrogen) atoms. The van der Waals surface area contributed by atoms with Gasteiger partial charge in [0, 0.05) is 65.9 Å². The third-order valence-electron chi connectivity index (χ3n) is 14.1. The zero-order chi connectivity index (χ0) is 44.7. The Morgan fingerprint density at radius 2 is 0.941 bits per heavy atom. The summed E-state index contributed by atoms with van der Waals surface area (Å²) in [5.74, 6) is 1.57. The predicted molar refractivity (Wildman–Crippen MR) is 281 cm³/mol. The first kappa shape index (κ1) is 38.3. The number of rotatable bonds is 7. The molecule has 14 rings (SSSR count). The lowest BCUT2D eigenvalue weighted by Crippen LogP contribution is -2.14. The molecule has 0 aliphatic heterocycles. The summed E-state index contributed by atoms with van der Waals surface area (Å²) in [5, 5.41) is 17.3. The van der Waals surface area contributed by atoms with E-state index in [1.807, 2.05) is 6.07 Å². The minimum absolute atomic E-state index is 0.00211. The average Bonchev–Trinajstić information content (AvgIpc) is 4.18.